The van der Waals surface area contributed by atoms with Crippen molar-refractivity contribution in [2.45, 2.75) is 33.2 Å². The second-order valence-corrected chi connectivity index (χ2v) is 5.03. The smallest absolute Gasteiger partial charge is 0.227 e. The molecule has 0 aromatic heterocycles. The number of carbonyl (C=O) groups is 1. The molecule has 1 saturated heterocycles. The van der Waals surface area contributed by atoms with Crippen LogP contribution in [0.15, 0.2) is 0 Å². The molecular weight excluding hydrogens is 242 g/mol. The average Bonchev–Trinajstić information content (AvgIpc) is 2.86. The maximum Gasteiger partial charge on any atom is 0.227 e. The lowest BCUT2D eigenvalue weighted by Crippen LogP contribution is -2.45. The highest BCUT2D eigenvalue weighted by molar-refractivity contribution is 5.79. The zero-order chi connectivity index (χ0) is 14.1. The Labute approximate surface area is 117 Å². The lowest BCUT2D eigenvalue weighted by atomic mass is 10.0. The van der Waals surface area contributed by atoms with Gasteiger partial charge in [-0.3, -0.25) is 4.79 Å². The standard InChI is InChI=1S/C14H29N3O2/c1-4-8-17(6-3)9-7-16-14(18)12-10-19-11-13(12)15-5-2/h12-13,15H,4-11H2,1-3H3,(H,16,18). The van der Waals surface area contributed by atoms with Gasteiger partial charge in [0.2, 0.25) is 5.91 Å². The van der Waals surface area contributed by atoms with Crippen LogP contribution in [0.5, 0.6) is 0 Å². The van der Waals surface area contributed by atoms with Crippen molar-refractivity contribution in [3.8, 4) is 0 Å². The summed E-state index contributed by atoms with van der Waals surface area (Å²) in [5, 5.41) is 6.35. The SMILES string of the molecule is CCCN(CC)CCNC(=O)C1COCC1NCC. The van der Waals surface area contributed by atoms with E-state index in [1.54, 1.807) is 0 Å². The average molecular weight is 271 g/mol. The molecule has 5 heteroatoms. The van der Waals surface area contributed by atoms with Crippen LogP contribution in [-0.2, 0) is 9.53 Å². The molecule has 0 radical (unpaired) electrons. The molecular formula is C14H29N3O2. The largest absolute Gasteiger partial charge is 0.379 e. The second kappa shape index (κ2) is 9.28. The van der Waals surface area contributed by atoms with Crippen LogP contribution >= 0.6 is 0 Å². The number of hydrogen-bond donors (Lipinski definition) is 2. The number of nitrogens with zero attached hydrogens (tertiary/aromatic N) is 1. The first-order valence-electron chi connectivity index (χ1n) is 7.54. The van der Waals surface area contributed by atoms with Crippen molar-refractivity contribution in [1.82, 2.24) is 15.5 Å². The monoisotopic (exact) mass is 271 g/mol. The minimum atomic E-state index is -0.0406. The molecule has 0 bridgehead atoms. The Kier molecular flexibility index (Phi) is 8.02. The quantitative estimate of drug-likeness (QED) is 0.640. The van der Waals surface area contributed by atoms with Gasteiger partial charge in [0.05, 0.1) is 19.1 Å². The van der Waals surface area contributed by atoms with Crippen molar-refractivity contribution in [3.63, 3.8) is 0 Å². The van der Waals surface area contributed by atoms with E-state index < -0.39 is 0 Å². The summed E-state index contributed by atoms with van der Waals surface area (Å²) in [4.78, 5) is 14.5. The van der Waals surface area contributed by atoms with E-state index in [-0.39, 0.29) is 17.9 Å². The van der Waals surface area contributed by atoms with Gasteiger partial charge in [0.15, 0.2) is 0 Å². The second-order valence-electron chi connectivity index (χ2n) is 5.03. The van der Waals surface area contributed by atoms with E-state index in [9.17, 15) is 4.79 Å². The molecule has 1 fully saturated rings. The van der Waals surface area contributed by atoms with E-state index in [2.05, 4.69) is 36.3 Å². The van der Waals surface area contributed by atoms with Crippen molar-refractivity contribution >= 4 is 5.91 Å². The van der Waals surface area contributed by atoms with Crippen LogP contribution in [0.2, 0.25) is 0 Å². The highest BCUT2D eigenvalue weighted by Crippen LogP contribution is 2.13. The van der Waals surface area contributed by atoms with Gasteiger partial charge in [-0.2, -0.15) is 0 Å². The molecule has 2 atom stereocenters. The first kappa shape index (κ1) is 16.4. The van der Waals surface area contributed by atoms with E-state index in [1.165, 1.54) is 0 Å². The van der Waals surface area contributed by atoms with Gasteiger partial charge in [-0.05, 0) is 26.1 Å². The Bertz CT molecular complexity index is 261. The summed E-state index contributed by atoms with van der Waals surface area (Å²) in [6.07, 6.45) is 1.15. The summed E-state index contributed by atoms with van der Waals surface area (Å²) >= 11 is 0. The maximum absolute atomic E-state index is 12.1. The molecule has 112 valence electrons. The third kappa shape index (κ3) is 5.47. The molecule has 0 saturated carbocycles. The lowest BCUT2D eigenvalue weighted by Gasteiger charge is -2.21. The number of carbonyl (C=O) groups excluding carboxylic acids is 1. The summed E-state index contributed by atoms with van der Waals surface area (Å²) in [5.41, 5.74) is 0. The predicted molar refractivity (Wildman–Crippen MR) is 77.2 cm³/mol. The number of likely N-dealkylation sites (N-methyl/N-ethyl adjacent to an activating group) is 2. The van der Waals surface area contributed by atoms with Crippen LogP contribution in [0.1, 0.15) is 27.2 Å². The van der Waals surface area contributed by atoms with Gasteiger partial charge in [0.25, 0.3) is 0 Å². The predicted octanol–water partition coefficient (Wildman–Crippen LogP) is 0.459. The van der Waals surface area contributed by atoms with Crippen LogP contribution < -0.4 is 10.6 Å². The highest BCUT2D eigenvalue weighted by atomic mass is 16.5. The molecule has 2 N–H and O–H groups in total. The minimum absolute atomic E-state index is 0.0406. The molecule has 5 nitrogen and oxygen atoms in total. The fraction of sp³-hybridized carbons (Fsp3) is 0.929. The van der Waals surface area contributed by atoms with Crippen molar-refractivity contribution in [3.05, 3.63) is 0 Å². The van der Waals surface area contributed by atoms with Gasteiger partial charge >= 0.3 is 0 Å². The Morgan fingerprint density at radius 2 is 2.05 bits per heavy atom. The maximum atomic E-state index is 12.1. The topological polar surface area (TPSA) is 53.6 Å². The normalized spacial score (nSPS) is 22.9. The van der Waals surface area contributed by atoms with Crippen LogP contribution in [-0.4, -0.2) is 62.8 Å². The molecule has 0 spiro atoms. The number of amides is 1. The summed E-state index contributed by atoms with van der Waals surface area (Å²) in [7, 11) is 0. The molecule has 19 heavy (non-hydrogen) atoms. The Morgan fingerprint density at radius 1 is 1.26 bits per heavy atom. The first-order chi connectivity index (χ1) is 9.22. The zero-order valence-corrected chi connectivity index (χ0v) is 12.6. The third-order valence-electron chi connectivity index (χ3n) is 3.60. The summed E-state index contributed by atoms with van der Waals surface area (Å²) in [6.45, 7) is 12.2. The van der Waals surface area contributed by atoms with Crippen LogP contribution in [0.4, 0.5) is 0 Å². The Morgan fingerprint density at radius 3 is 2.68 bits per heavy atom. The number of rotatable bonds is 9. The van der Waals surface area contributed by atoms with Crippen molar-refractivity contribution in [1.29, 1.82) is 0 Å². The lowest BCUT2D eigenvalue weighted by molar-refractivity contribution is -0.125. The minimum Gasteiger partial charge on any atom is -0.379 e. The van der Waals surface area contributed by atoms with Crippen LogP contribution in [0, 0.1) is 5.92 Å². The Hall–Kier alpha value is -0.650. The third-order valence-corrected chi connectivity index (χ3v) is 3.60. The van der Waals surface area contributed by atoms with Crippen LogP contribution in [0.25, 0.3) is 0 Å². The van der Waals surface area contributed by atoms with Gasteiger partial charge in [0.1, 0.15) is 0 Å². The van der Waals surface area contributed by atoms with Crippen LogP contribution in [0.3, 0.4) is 0 Å². The number of hydrogen-bond acceptors (Lipinski definition) is 4. The molecule has 1 aliphatic rings. The Balaban J connectivity index is 2.26. The van der Waals surface area contributed by atoms with Gasteiger partial charge in [0, 0.05) is 19.1 Å². The van der Waals surface area contributed by atoms with E-state index in [4.69, 9.17) is 4.74 Å². The van der Waals surface area contributed by atoms with Gasteiger partial charge in [-0.1, -0.05) is 20.8 Å². The molecule has 1 rings (SSSR count). The van der Waals surface area contributed by atoms with E-state index in [0.29, 0.717) is 13.2 Å². The van der Waals surface area contributed by atoms with Crippen molar-refractivity contribution in [2.75, 3.05) is 45.9 Å². The molecule has 1 heterocycles. The molecule has 0 aromatic rings. The molecule has 0 aliphatic carbocycles. The molecule has 1 amide bonds. The van der Waals surface area contributed by atoms with Gasteiger partial charge < -0.3 is 20.3 Å². The van der Waals surface area contributed by atoms with Gasteiger partial charge in [-0.25, -0.2) is 0 Å². The number of nitrogens with one attached hydrogen (secondary N) is 2. The van der Waals surface area contributed by atoms with Crippen molar-refractivity contribution in [2.24, 2.45) is 5.92 Å². The summed E-state index contributed by atoms with van der Waals surface area (Å²) < 4.78 is 5.40. The molecule has 2 unspecified atom stereocenters. The number of ether oxygens (including phenoxy) is 1. The summed E-state index contributed by atoms with van der Waals surface area (Å²) in [5.74, 6) is 0.0807. The molecule has 0 aromatic carbocycles. The zero-order valence-electron chi connectivity index (χ0n) is 12.6. The van der Waals surface area contributed by atoms with E-state index >= 15 is 0 Å². The first-order valence-corrected chi connectivity index (χ1v) is 7.54. The molecule has 1 aliphatic heterocycles. The van der Waals surface area contributed by atoms with E-state index in [1.807, 2.05) is 0 Å². The van der Waals surface area contributed by atoms with E-state index in [0.717, 1.165) is 39.1 Å². The van der Waals surface area contributed by atoms with Crippen molar-refractivity contribution < 1.29 is 9.53 Å². The highest BCUT2D eigenvalue weighted by Gasteiger charge is 2.33. The fourth-order valence-corrected chi connectivity index (χ4v) is 2.49. The summed E-state index contributed by atoms with van der Waals surface area (Å²) in [6, 6.07) is 0.169. The fourth-order valence-electron chi connectivity index (χ4n) is 2.49. The van der Waals surface area contributed by atoms with Gasteiger partial charge in [-0.15, -0.1) is 0 Å².